The zero-order chi connectivity index (χ0) is 14.6. The van der Waals surface area contributed by atoms with Gasteiger partial charge in [0.25, 0.3) is 0 Å². The Hall–Kier alpha value is -1.19. The molecule has 0 bridgehead atoms. The lowest BCUT2D eigenvalue weighted by Gasteiger charge is -2.28. The summed E-state index contributed by atoms with van der Waals surface area (Å²) in [6.07, 6.45) is 2.42. The van der Waals surface area contributed by atoms with Gasteiger partial charge < -0.3 is 5.73 Å². The van der Waals surface area contributed by atoms with Crippen molar-refractivity contribution in [1.82, 2.24) is 0 Å². The van der Waals surface area contributed by atoms with Crippen LogP contribution < -0.4 is 5.73 Å². The fourth-order valence-electron chi connectivity index (χ4n) is 2.37. The monoisotopic (exact) mass is 335 g/mol. The van der Waals surface area contributed by atoms with Crippen molar-refractivity contribution in [2.75, 3.05) is 0 Å². The van der Waals surface area contributed by atoms with Crippen molar-refractivity contribution in [2.24, 2.45) is 5.73 Å². The van der Waals surface area contributed by atoms with E-state index in [1.54, 1.807) is 0 Å². The summed E-state index contributed by atoms with van der Waals surface area (Å²) < 4.78 is 13.8. The highest BCUT2D eigenvalue weighted by molar-refractivity contribution is 9.10. The summed E-state index contributed by atoms with van der Waals surface area (Å²) in [6.45, 7) is 2.10. The number of halogens is 2. The number of benzene rings is 2. The van der Waals surface area contributed by atoms with Crippen LogP contribution in [0.2, 0.25) is 0 Å². The molecule has 0 fully saturated rings. The molecule has 2 rings (SSSR count). The first-order valence-electron chi connectivity index (χ1n) is 6.79. The molecule has 0 saturated heterocycles. The van der Waals surface area contributed by atoms with Gasteiger partial charge in [-0.05, 0) is 58.5 Å². The lowest BCUT2D eigenvalue weighted by molar-refractivity contribution is 0.404. The van der Waals surface area contributed by atoms with E-state index >= 15 is 0 Å². The molecular weight excluding hydrogens is 317 g/mol. The second-order valence-corrected chi connectivity index (χ2v) is 6.16. The van der Waals surface area contributed by atoms with Gasteiger partial charge in [-0.2, -0.15) is 0 Å². The standard InChI is InChI=1S/C17H19BrFN/c1-2-17(20,11-13-6-4-3-5-7-13)12-14-8-9-16(19)15(18)10-14/h3-10H,2,11-12,20H2,1H3. The summed E-state index contributed by atoms with van der Waals surface area (Å²) in [6, 6.07) is 15.4. The summed E-state index contributed by atoms with van der Waals surface area (Å²) in [7, 11) is 0. The Bertz CT molecular complexity index is 570. The van der Waals surface area contributed by atoms with Gasteiger partial charge in [0.15, 0.2) is 0 Å². The molecule has 3 heteroatoms. The highest BCUT2D eigenvalue weighted by atomic mass is 79.9. The van der Waals surface area contributed by atoms with Crippen molar-refractivity contribution in [1.29, 1.82) is 0 Å². The molecule has 1 nitrogen and oxygen atoms in total. The molecule has 0 aliphatic heterocycles. The molecule has 0 heterocycles. The normalized spacial score (nSPS) is 14.0. The van der Waals surface area contributed by atoms with Gasteiger partial charge in [0.2, 0.25) is 0 Å². The molecule has 0 spiro atoms. The number of nitrogens with two attached hydrogens (primary N) is 1. The maximum Gasteiger partial charge on any atom is 0.137 e. The van der Waals surface area contributed by atoms with Gasteiger partial charge in [0.05, 0.1) is 4.47 Å². The van der Waals surface area contributed by atoms with Crippen LogP contribution in [0.25, 0.3) is 0 Å². The van der Waals surface area contributed by atoms with Crippen molar-refractivity contribution in [3.05, 3.63) is 69.9 Å². The average Bonchev–Trinajstić information content (AvgIpc) is 2.44. The number of hydrogen-bond donors (Lipinski definition) is 1. The van der Waals surface area contributed by atoms with Gasteiger partial charge >= 0.3 is 0 Å². The van der Waals surface area contributed by atoms with E-state index in [2.05, 4.69) is 35.0 Å². The molecule has 1 atom stereocenters. The highest BCUT2D eigenvalue weighted by Crippen LogP contribution is 2.23. The SMILES string of the molecule is CCC(N)(Cc1ccccc1)Cc1ccc(F)c(Br)c1. The van der Waals surface area contributed by atoms with Crippen molar-refractivity contribution < 1.29 is 4.39 Å². The van der Waals surface area contributed by atoms with Crippen LogP contribution in [-0.4, -0.2) is 5.54 Å². The van der Waals surface area contributed by atoms with Gasteiger partial charge in [-0.25, -0.2) is 4.39 Å². The van der Waals surface area contributed by atoms with Crippen LogP contribution >= 0.6 is 15.9 Å². The van der Waals surface area contributed by atoms with E-state index in [0.717, 1.165) is 24.8 Å². The Kier molecular flexibility index (Phi) is 4.95. The molecule has 0 aromatic heterocycles. The van der Waals surface area contributed by atoms with Gasteiger partial charge in [-0.1, -0.05) is 43.3 Å². The third kappa shape index (κ3) is 3.90. The molecule has 20 heavy (non-hydrogen) atoms. The first-order chi connectivity index (χ1) is 9.52. The largest absolute Gasteiger partial charge is 0.325 e. The molecule has 0 aliphatic carbocycles. The second-order valence-electron chi connectivity index (χ2n) is 5.30. The maximum atomic E-state index is 13.3. The lowest BCUT2D eigenvalue weighted by Crippen LogP contribution is -2.43. The minimum absolute atomic E-state index is 0.240. The molecular formula is C17H19BrFN. The number of rotatable bonds is 5. The first kappa shape index (κ1) is 15.2. The Balaban J connectivity index is 2.16. The Morgan fingerprint density at radius 1 is 1.05 bits per heavy atom. The van der Waals surface area contributed by atoms with Crippen LogP contribution in [0.1, 0.15) is 24.5 Å². The predicted molar refractivity (Wildman–Crippen MR) is 85.2 cm³/mol. The van der Waals surface area contributed by atoms with E-state index in [1.165, 1.54) is 11.6 Å². The molecule has 0 radical (unpaired) electrons. The third-order valence-corrected chi connectivity index (χ3v) is 4.25. The van der Waals surface area contributed by atoms with Crippen molar-refractivity contribution in [3.63, 3.8) is 0 Å². The van der Waals surface area contributed by atoms with Crippen LogP contribution in [0.5, 0.6) is 0 Å². The quantitative estimate of drug-likeness (QED) is 0.856. The Labute approximate surface area is 128 Å². The Morgan fingerprint density at radius 3 is 2.30 bits per heavy atom. The molecule has 106 valence electrons. The van der Waals surface area contributed by atoms with E-state index in [-0.39, 0.29) is 11.4 Å². The van der Waals surface area contributed by atoms with Gasteiger partial charge in [-0.3, -0.25) is 0 Å². The van der Waals surface area contributed by atoms with E-state index in [0.29, 0.717) is 4.47 Å². The minimum Gasteiger partial charge on any atom is -0.325 e. The van der Waals surface area contributed by atoms with Gasteiger partial charge in [-0.15, -0.1) is 0 Å². The molecule has 0 saturated carbocycles. The van der Waals surface area contributed by atoms with Crippen LogP contribution in [-0.2, 0) is 12.8 Å². The zero-order valence-electron chi connectivity index (χ0n) is 11.6. The zero-order valence-corrected chi connectivity index (χ0v) is 13.2. The predicted octanol–water partition coefficient (Wildman–Crippen LogP) is 4.48. The van der Waals surface area contributed by atoms with E-state index < -0.39 is 0 Å². The van der Waals surface area contributed by atoms with Gasteiger partial charge in [0.1, 0.15) is 5.82 Å². The lowest BCUT2D eigenvalue weighted by atomic mass is 9.83. The van der Waals surface area contributed by atoms with Crippen molar-refractivity contribution >= 4 is 15.9 Å². The van der Waals surface area contributed by atoms with Crippen molar-refractivity contribution in [3.8, 4) is 0 Å². The molecule has 2 N–H and O–H groups in total. The summed E-state index contributed by atoms with van der Waals surface area (Å²) in [5.74, 6) is -0.240. The molecule has 1 unspecified atom stereocenters. The molecule has 2 aromatic rings. The first-order valence-corrected chi connectivity index (χ1v) is 7.58. The van der Waals surface area contributed by atoms with Crippen molar-refractivity contribution in [2.45, 2.75) is 31.7 Å². The molecule has 0 amide bonds. The summed E-state index contributed by atoms with van der Waals surface area (Å²) in [4.78, 5) is 0. The number of hydrogen-bond acceptors (Lipinski definition) is 1. The molecule has 2 aromatic carbocycles. The van der Waals surface area contributed by atoms with Crippen LogP contribution in [0.3, 0.4) is 0 Å². The second kappa shape index (κ2) is 6.51. The fourth-order valence-corrected chi connectivity index (χ4v) is 2.80. The van der Waals surface area contributed by atoms with Crippen LogP contribution in [0.15, 0.2) is 53.0 Å². The minimum atomic E-state index is -0.307. The van der Waals surface area contributed by atoms with Crippen LogP contribution in [0.4, 0.5) is 4.39 Å². The van der Waals surface area contributed by atoms with E-state index in [9.17, 15) is 4.39 Å². The third-order valence-electron chi connectivity index (χ3n) is 3.64. The molecule has 0 aliphatic rings. The van der Waals surface area contributed by atoms with Gasteiger partial charge in [0, 0.05) is 5.54 Å². The van der Waals surface area contributed by atoms with E-state index in [1.807, 2.05) is 30.3 Å². The summed E-state index contributed by atoms with van der Waals surface area (Å²) in [5.41, 5.74) is 8.52. The van der Waals surface area contributed by atoms with Crippen LogP contribution in [0, 0.1) is 5.82 Å². The average molecular weight is 336 g/mol. The highest BCUT2D eigenvalue weighted by Gasteiger charge is 2.24. The summed E-state index contributed by atoms with van der Waals surface area (Å²) >= 11 is 3.23. The Morgan fingerprint density at radius 2 is 1.70 bits per heavy atom. The maximum absolute atomic E-state index is 13.3. The topological polar surface area (TPSA) is 26.0 Å². The summed E-state index contributed by atoms with van der Waals surface area (Å²) in [5, 5.41) is 0. The van der Waals surface area contributed by atoms with E-state index in [4.69, 9.17) is 5.73 Å². The smallest absolute Gasteiger partial charge is 0.137 e. The fraction of sp³-hybridized carbons (Fsp3) is 0.294.